The quantitative estimate of drug-likeness (QED) is 0.558. The minimum atomic E-state index is -0.677. The van der Waals surface area contributed by atoms with Crippen LogP contribution < -0.4 is 5.73 Å². The fourth-order valence-electron chi connectivity index (χ4n) is 1.76. The van der Waals surface area contributed by atoms with Crippen LogP contribution in [0.5, 0.6) is 0 Å². The highest BCUT2D eigenvalue weighted by Crippen LogP contribution is 2.11. The first-order chi connectivity index (χ1) is 7.87. The molecule has 0 spiro atoms. The summed E-state index contributed by atoms with van der Waals surface area (Å²) in [4.78, 5) is 4.58. The van der Waals surface area contributed by atoms with E-state index in [9.17, 15) is 5.11 Å². The van der Waals surface area contributed by atoms with Gasteiger partial charge >= 0.3 is 0 Å². The van der Waals surface area contributed by atoms with Gasteiger partial charge in [0.2, 0.25) is 0 Å². The van der Waals surface area contributed by atoms with E-state index in [2.05, 4.69) is 30.9 Å². The molecule has 0 saturated heterocycles. The summed E-state index contributed by atoms with van der Waals surface area (Å²) in [5.41, 5.74) is 4.80. The monoisotopic (exact) mass is 245 g/mol. The summed E-state index contributed by atoms with van der Waals surface area (Å²) in [7, 11) is 6.38. The number of aliphatic hydroxyl groups is 1. The minimum absolute atomic E-state index is 0.353. The summed E-state index contributed by atoms with van der Waals surface area (Å²) in [5, 5.41) is 9.75. The Hall–Kier alpha value is -0.160. The lowest BCUT2D eigenvalue weighted by atomic mass is 9.99. The number of rotatable bonds is 10. The third-order valence-corrected chi connectivity index (χ3v) is 3.09. The van der Waals surface area contributed by atoms with Crippen LogP contribution in [0.15, 0.2) is 0 Å². The molecule has 1 unspecified atom stereocenters. The van der Waals surface area contributed by atoms with Crippen molar-refractivity contribution in [1.82, 2.24) is 9.80 Å². The largest absolute Gasteiger partial charge is 0.389 e. The van der Waals surface area contributed by atoms with Crippen LogP contribution in [0.3, 0.4) is 0 Å². The fraction of sp³-hybridized carbons (Fsp3) is 1.00. The molecule has 3 N–H and O–H groups in total. The molecule has 0 aromatic carbocycles. The van der Waals surface area contributed by atoms with Gasteiger partial charge in [0.15, 0.2) is 0 Å². The predicted octanol–water partition coefficient (Wildman–Crippen LogP) is 0.750. The number of nitrogens with zero attached hydrogens (tertiary/aromatic N) is 2. The van der Waals surface area contributed by atoms with Crippen LogP contribution in [-0.4, -0.2) is 67.8 Å². The Morgan fingerprint density at radius 1 is 1.00 bits per heavy atom. The molecular weight excluding hydrogens is 214 g/mol. The second-order valence-electron chi connectivity index (χ2n) is 5.62. The molecule has 0 amide bonds. The first-order valence-electron chi connectivity index (χ1n) is 6.63. The maximum Gasteiger partial charge on any atom is 0.0741 e. The molecule has 0 aliphatic carbocycles. The number of unbranched alkanes of at least 4 members (excludes halogenated alkanes) is 1. The van der Waals surface area contributed by atoms with Crippen molar-refractivity contribution in [3.8, 4) is 0 Å². The molecule has 0 aliphatic heterocycles. The zero-order chi connectivity index (χ0) is 13.3. The van der Waals surface area contributed by atoms with E-state index in [1.165, 1.54) is 6.42 Å². The molecular formula is C13H31N3O. The number of nitrogens with two attached hydrogens (primary N) is 1. The Kier molecular flexibility index (Phi) is 8.78. The van der Waals surface area contributed by atoms with Crippen molar-refractivity contribution in [3.05, 3.63) is 0 Å². The van der Waals surface area contributed by atoms with E-state index in [0.717, 1.165) is 38.9 Å². The summed E-state index contributed by atoms with van der Waals surface area (Å²) in [6, 6.07) is 0. The zero-order valence-corrected chi connectivity index (χ0v) is 12.1. The summed E-state index contributed by atoms with van der Waals surface area (Å²) < 4.78 is 0. The lowest BCUT2D eigenvalue weighted by Gasteiger charge is -2.22. The predicted molar refractivity (Wildman–Crippen MR) is 74.2 cm³/mol. The van der Waals surface area contributed by atoms with Crippen molar-refractivity contribution < 1.29 is 5.11 Å². The van der Waals surface area contributed by atoms with Gasteiger partial charge in [-0.1, -0.05) is 0 Å². The van der Waals surface area contributed by atoms with Crippen LogP contribution >= 0.6 is 0 Å². The van der Waals surface area contributed by atoms with Gasteiger partial charge in [-0.3, -0.25) is 0 Å². The summed E-state index contributed by atoms with van der Waals surface area (Å²) in [5.74, 6) is 0. The summed E-state index contributed by atoms with van der Waals surface area (Å²) in [6.07, 6.45) is 4.19. The van der Waals surface area contributed by atoms with Crippen molar-refractivity contribution in [3.63, 3.8) is 0 Å². The molecule has 4 heteroatoms. The SMILES string of the molecule is CN(C)CCCN(C)CCCCC(C)(O)CN. The van der Waals surface area contributed by atoms with Crippen LogP contribution in [0.4, 0.5) is 0 Å². The van der Waals surface area contributed by atoms with Crippen LogP contribution in [0.25, 0.3) is 0 Å². The second kappa shape index (κ2) is 8.86. The molecule has 0 radical (unpaired) electrons. The van der Waals surface area contributed by atoms with E-state index < -0.39 is 5.60 Å². The van der Waals surface area contributed by atoms with Gasteiger partial charge in [0.1, 0.15) is 0 Å². The van der Waals surface area contributed by atoms with Crippen molar-refractivity contribution in [2.75, 3.05) is 47.3 Å². The minimum Gasteiger partial charge on any atom is -0.389 e. The molecule has 0 aliphatic rings. The van der Waals surface area contributed by atoms with E-state index in [1.807, 2.05) is 6.92 Å². The standard InChI is InChI=1S/C13H31N3O/c1-13(17,12-14)8-5-6-10-16(4)11-7-9-15(2)3/h17H,5-12,14H2,1-4H3. The Labute approximate surface area is 107 Å². The van der Waals surface area contributed by atoms with E-state index in [4.69, 9.17) is 5.73 Å². The molecule has 0 rings (SSSR count). The lowest BCUT2D eigenvalue weighted by molar-refractivity contribution is 0.0566. The van der Waals surface area contributed by atoms with Crippen LogP contribution in [-0.2, 0) is 0 Å². The number of hydrogen-bond donors (Lipinski definition) is 2. The van der Waals surface area contributed by atoms with Gasteiger partial charge in [0, 0.05) is 6.54 Å². The van der Waals surface area contributed by atoms with Gasteiger partial charge in [0.05, 0.1) is 5.60 Å². The van der Waals surface area contributed by atoms with E-state index >= 15 is 0 Å². The van der Waals surface area contributed by atoms with E-state index in [1.54, 1.807) is 0 Å². The highest BCUT2D eigenvalue weighted by Gasteiger charge is 2.16. The third-order valence-electron chi connectivity index (χ3n) is 3.09. The first kappa shape index (κ1) is 16.8. The Bertz CT molecular complexity index is 184. The first-order valence-corrected chi connectivity index (χ1v) is 6.63. The summed E-state index contributed by atoms with van der Waals surface area (Å²) >= 11 is 0. The molecule has 0 aromatic rings. The molecule has 1 atom stereocenters. The zero-order valence-electron chi connectivity index (χ0n) is 12.1. The average Bonchev–Trinajstić information content (AvgIpc) is 2.24. The van der Waals surface area contributed by atoms with E-state index in [-0.39, 0.29) is 0 Å². The third kappa shape index (κ3) is 10.7. The molecule has 0 bridgehead atoms. The van der Waals surface area contributed by atoms with Crippen LogP contribution in [0.2, 0.25) is 0 Å². The van der Waals surface area contributed by atoms with Gasteiger partial charge in [-0.15, -0.1) is 0 Å². The molecule has 104 valence electrons. The molecule has 0 fully saturated rings. The van der Waals surface area contributed by atoms with Gasteiger partial charge in [-0.05, 0) is 73.4 Å². The van der Waals surface area contributed by atoms with Crippen molar-refractivity contribution in [2.24, 2.45) is 5.73 Å². The Morgan fingerprint density at radius 3 is 2.12 bits per heavy atom. The highest BCUT2D eigenvalue weighted by atomic mass is 16.3. The van der Waals surface area contributed by atoms with Crippen LogP contribution in [0.1, 0.15) is 32.6 Å². The van der Waals surface area contributed by atoms with Crippen LogP contribution in [0, 0.1) is 0 Å². The topological polar surface area (TPSA) is 52.7 Å². The highest BCUT2D eigenvalue weighted by molar-refractivity contribution is 4.72. The molecule has 0 aromatic heterocycles. The number of hydrogen-bond acceptors (Lipinski definition) is 4. The molecule has 0 saturated carbocycles. The second-order valence-corrected chi connectivity index (χ2v) is 5.62. The Morgan fingerprint density at radius 2 is 1.59 bits per heavy atom. The smallest absolute Gasteiger partial charge is 0.0741 e. The van der Waals surface area contributed by atoms with Crippen molar-refractivity contribution in [1.29, 1.82) is 0 Å². The molecule has 17 heavy (non-hydrogen) atoms. The van der Waals surface area contributed by atoms with Gasteiger partial charge < -0.3 is 20.6 Å². The maximum atomic E-state index is 9.75. The lowest BCUT2D eigenvalue weighted by Crippen LogP contribution is -2.34. The van der Waals surface area contributed by atoms with Gasteiger partial charge in [0.25, 0.3) is 0 Å². The average molecular weight is 245 g/mol. The fourth-order valence-corrected chi connectivity index (χ4v) is 1.76. The summed E-state index contributed by atoms with van der Waals surface area (Å²) in [6.45, 7) is 5.56. The maximum absolute atomic E-state index is 9.75. The van der Waals surface area contributed by atoms with Crippen molar-refractivity contribution >= 4 is 0 Å². The Balaban J connectivity index is 3.42. The molecule has 0 heterocycles. The van der Waals surface area contributed by atoms with Crippen molar-refractivity contribution in [2.45, 2.75) is 38.2 Å². The van der Waals surface area contributed by atoms with Gasteiger partial charge in [-0.2, -0.15) is 0 Å². The van der Waals surface area contributed by atoms with E-state index in [0.29, 0.717) is 6.54 Å². The molecule has 4 nitrogen and oxygen atoms in total. The normalized spacial score (nSPS) is 15.5. The van der Waals surface area contributed by atoms with Gasteiger partial charge in [-0.25, -0.2) is 0 Å².